The Morgan fingerprint density at radius 3 is 2.50 bits per heavy atom. The second-order valence-corrected chi connectivity index (χ2v) is 9.52. The fourth-order valence-electron chi connectivity index (χ4n) is 6.06. The average Bonchev–Trinajstić information content (AvgIpc) is 2.61. The second kappa shape index (κ2) is 7.94. The summed E-state index contributed by atoms with van der Waals surface area (Å²) in [5.74, 6) is 3.68. The van der Waals surface area contributed by atoms with Crippen molar-refractivity contribution >= 4 is 0 Å². The largest absolute Gasteiger partial charge is 0.381 e. The zero-order valence-electron chi connectivity index (χ0n) is 16.7. The normalized spacial score (nSPS) is 44.7. The van der Waals surface area contributed by atoms with Gasteiger partial charge in [-0.3, -0.25) is 0 Å². The molecule has 2 fully saturated rings. The van der Waals surface area contributed by atoms with Crippen molar-refractivity contribution in [2.24, 2.45) is 29.1 Å². The second-order valence-electron chi connectivity index (χ2n) is 9.52. The average molecular weight is 333 g/mol. The Morgan fingerprint density at radius 1 is 0.958 bits per heavy atom. The maximum absolute atomic E-state index is 5.71. The van der Waals surface area contributed by atoms with Gasteiger partial charge in [-0.15, -0.1) is 0 Å². The molecule has 0 amide bonds. The van der Waals surface area contributed by atoms with Crippen LogP contribution in [0.4, 0.5) is 0 Å². The van der Waals surface area contributed by atoms with E-state index >= 15 is 0 Å². The minimum Gasteiger partial charge on any atom is -0.381 e. The van der Waals surface area contributed by atoms with Crippen molar-refractivity contribution in [3.05, 3.63) is 11.6 Å². The molecule has 0 aromatic carbocycles. The maximum atomic E-state index is 5.71. The summed E-state index contributed by atoms with van der Waals surface area (Å²) in [6, 6.07) is 0. The third-order valence-corrected chi connectivity index (χ3v) is 8.19. The van der Waals surface area contributed by atoms with Gasteiger partial charge in [0.2, 0.25) is 0 Å². The summed E-state index contributed by atoms with van der Waals surface area (Å²) in [4.78, 5) is 0. The van der Waals surface area contributed by atoms with Gasteiger partial charge in [-0.2, -0.15) is 0 Å². The van der Waals surface area contributed by atoms with Crippen molar-refractivity contribution in [2.75, 3.05) is 7.11 Å². The highest BCUT2D eigenvalue weighted by Crippen LogP contribution is 2.55. The fourth-order valence-corrected chi connectivity index (χ4v) is 6.06. The number of methoxy groups -OCH3 is 1. The summed E-state index contributed by atoms with van der Waals surface area (Å²) in [5.41, 5.74) is 2.21. The van der Waals surface area contributed by atoms with Crippen LogP contribution in [0.3, 0.4) is 0 Å². The van der Waals surface area contributed by atoms with Gasteiger partial charge >= 0.3 is 0 Å². The van der Waals surface area contributed by atoms with Crippen LogP contribution in [-0.2, 0) is 4.74 Å². The lowest BCUT2D eigenvalue weighted by atomic mass is 9.55. The van der Waals surface area contributed by atoms with Crippen LogP contribution in [0.25, 0.3) is 0 Å². The summed E-state index contributed by atoms with van der Waals surface area (Å²) in [6.45, 7) is 7.62. The molecule has 0 N–H and O–H groups in total. The van der Waals surface area contributed by atoms with Crippen molar-refractivity contribution in [1.29, 1.82) is 0 Å². The standard InChI is InChI=1S/C23H40O/c1-17-8-6-5-7-9-19-11-12-20-16-21(24-4)14-15-23(20,3)22(19)13-10-18(17)2/h12,17-19,21-22H,5-11,13-16H2,1-4H3. The predicted octanol–water partition coefficient (Wildman–Crippen LogP) is 6.77. The number of hydrogen-bond acceptors (Lipinski definition) is 1. The van der Waals surface area contributed by atoms with E-state index in [4.69, 9.17) is 4.74 Å². The van der Waals surface area contributed by atoms with Crippen LogP contribution in [-0.4, -0.2) is 13.2 Å². The van der Waals surface area contributed by atoms with Crippen LogP contribution in [0.15, 0.2) is 11.6 Å². The first-order valence-corrected chi connectivity index (χ1v) is 10.8. The highest BCUT2D eigenvalue weighted by atomic mass is 16.5. The van der Waals surface area contributed by atoms with E-state index in [1.807, 2.05) is 7.11 Å². The van der Waals surface area contributed by atoms with Gasteiger partial charge in [0.25, 0.3) is 0 Å². The molecule has 0 heterocycles. The monoisotopic (exact) mass is 332 g/mol. The van der Waals surface area contributed by atoms with Crippen molar-refractivity contribution in [1.82, 2.24) is 0 Å². The number of allylic oxidation sites excluding steroid dienone is 1. The van der Waals surface area contributed by atoms with Crippen LogP contribution >= 0.6 is 0 Å². The topological polar surface area (TPSA) is 9.23 Å². The molecule has 0 spiro atoms. The fraction of sp³-hybridized carbons (Fsp3) is 0.913. The Balaban J connectivity index is 1.79. The van der Waals surface area contributed by atoms with E-state index in [0.717, 1.165) is 23.7 Å². The molecule has 3 aliphatic carbocycles. The Labute approximate surface area is 150 Å². The smallest absolute Gasteiger partial charge is 0.0608 e. The summed E-state index contributed by atoms with van der Waals surface area (Å²) in [5, 5.41) is 0. The summed E-state index contributed by atoms with van der Waals surface area (Å²) >= 11 is 0. The first-order valence-electron chi connectivity index (χ1n) is 10.8. The van der Waals surface area contributed by atoms with Crippen LogP contribution in [0.2, 0.25) is 0 Å². The van der Waals surface area contributed by atoms with E-state index in [9.17, 15) is 0 Å². The lowest BCUT2D eigenvalue weighted by Gasteiger charge is -2.51. The van der Waals surface area contributed by atoms with Gasteiger partial charge in [0, 0.05) is 7.11 Å². The molecule has 24 heavy (non-hydrogen) atoms. The van der Waals surface area contributed by atoms with Crippen molar-refractivity contribution in [3.8, 4) is 0 Å². The lowest BCUT2D eigenvalue weighted by molar-refractivity contribution is 0.0191. The number of ether oxygens (including phenoxy) is 1. The highest BCUT2D eigenvalue weighted by Gasteiger charge is 2.46. The van der Waals surface area contributed by atoms with Crippen LogP contribution < -0.4 is 0 Å². The van der Waals surface area contributed by atoms with Gasteiger partial charge in [0.15, 0.2) is 0 Å². The first-order chi connectivity index (χ1) is 11.5. The highest BCUT2D eigenvalue weighted by molar-refractivity contribution is 5.23. The van der Waals surface area contributed by atoms with Crippen molar-refractivity contribution in [2.45, 2.75) is 97.5 Å². The Morgan fingerprint density at radius 2 is 1.71 bits per heavy atom. The predicted molar refractivity (Wildman–Crippen MR) is 103 cm³/mol. The number of fused-ring (bicyclic) bond motifs is 3. The molecule has 0 aromatic heterocycles. The molecule has 1 heteroatoms. The molecule has 6 atom stereocenters. The molecule has 3 aliphatic rings. The Bertz CT molecular complexity index is 439. The molecular formula is C23H40O. The molecule has 1 nitrogen and oxygen atoms in total. The molecule has 3 rings (SSSR count). The molecule has 0 aliphatic heterocycles. The molecule has 0 bridgehead atoms. The number of hydrogen-bond donors (Lipinski definition) is 0. The summed E-state index contributed by atoms with van der Waals surface area (Å²) in [6.07, 6.45) is 18.5. The molecule has 2 saturated carbocycles. The molecule has 0 radical (unpaired) electrons. The molecular weight excluding hydrogens is 292 g/mol. The molecule has 6 unspecified atom stereocenters. The van der Waals surface area contributed by atoms with E-state index in [0.29, 0.717) is 11.5 Å². The zero-order valence-corrected chi connectivity index (χ0v) is 16.7. The Kier molecular flexibility index (Phi) is 6.11. The van der Waals surface area contributed by atoms with Gasteiger partial charge in [-0.25, -0.2) is 0 Å². The van der Waals surface area contributed by atoms with Gasteiger partial charge < -0.3 is 4.74 Å². The molecule has 0 saturated heterocycles. The third kappa shape index (κ3) is 3.76. The lowest BCUT2D eigenvalue weighted by Crippen LogP contribution is -2.42. The van der Waals surface area contributed by atoms with Gasteiger partial charge in [-0.05, 0) is 67.6 Å². The zero-order chi connectivity index (χ0) is 17.2. The quantitative estimate of drug-likeness (QED) is 0.481. The van der Waals surface area contributed by atoms with Crippen LogP contribution in [0.5, 0.6) is 0 Å². The number of rotatable bonds is 1. The van der Waals surface area contributed by atoms with Crippen LogP contribution in [0.1, 0.15) is 91.4 Å². The Hall–Kier alpha value is -0.300. The summed E-state index contributed by atoms with van der Waals surface area (Å²) in [7, 11) is 1.90. The van der Waals surface area contributed by atoms with E-state index in [1.54, 1.807) is 5.57 Å². The van der Waals surface area contributed by atoms with E-state index in [1.165, 1.54) is 70.6 Å². The van der Waals surface area contributed by atoms with E-state index in [2.05, 4.69) is 26.8 Å². The van der Waals surface area contributed by atoms with Gasteiger partial charge in [0.1, 0.15) is 0 Å². The maximum Gasteiger partial charge on any atom is 0.0608 e. The van der Waals surface area contributed by atoms with Gasteiger partial charge in [0.05, 0.1) is 6.10 Å². The minimum absolute atomic E-state index is 0.467. The third-order valence-electron chi connectivity index (χ3n) is 8.19. The summed E-state index contributed by atoms with van der Waals surface area (Å²) < 4.78 is 5.71. The van der Waals surface area contributed by atoms with Crippen LogP contribution in [0, 0.1) is 29.1 Å². The van der Waals surface area contributed by atoms with Gasteiger partial charge in [-0.1, -0.05) is 64.5 Å². The molecule has 0 aromatic rings. The van der Waals surface area contributed by atoms with Crippen molar-refractivity contribution < 1.29 is 4.74 Å². The van der Waals surface area contributed by atoms with E-state index < -0.39 is 0 Å². The molecule has 138 valence electrons. The minimum atomic E-state index is 0.467. The van der Waals surface area contributed by atoms with Crippen molar-refractivity contribution in [3.63, 3.8) is 0 Å². The van der Waals surface area contributed by atoms with E-state index in [-0.39, 0.29) is 0 Å². The SMILES string of the molecule is COC1CCC2(C)C(=CCC3CCCCCC(C)C(C)CCC32)C1. The first kappa shape index (κ1) is 18.5.